The van der Waals surface area contributed by atoms with E-state index in [1.54, 1.807) is 31.2 Å². The Hall–Kier alpha value is -2.31. The molecule has 0 fully saturated rings. The quantitative estimate of drug-likeness (QED) is 0.746. The molecule has 0 spiro atoms. The number of aromatic nitrogens is 1. The zero-order valence-electron chi connectivity index (χ0n) is 13.1. The number of benzene rings is 2. The third kappa shape index (κ3) is 3.44. The summed E-state index contributed by atoms with van der Waals surface area (Å²) in [4.78, 5) is 0.151. The molecule has 0 aliphatic carbocycles. The van der Waals surface area contributed by atoms with Crippen molar-refractivity contribution in [2.24, 2.45) is 0 Å². The Balaban J connectivity index is 1.86. The molecule has 3 aromatic rings. The normalized spacial score (nSPS) is 11.5. The third-order valence-corrected chi connectivity index (χ3v) is 5.32. The zero-order valence-corrected chi connectivity index (χ0v) is 14.6. The number of nitrogens with one attached hydrogen (secondary N) is 1. The highest BCUT2D eigenvalue weighted by molar-refractivity contribution is 7.92. The maximum Gasteiger partial charge on any atom is 0.263 e. The van der Waals surface area contributed by atoms with Crippen LogP contribution in [0.5, 0.6) is 0 Å². The van der Waals surface area contributed by atoms with Crippen molar-refractivity contribution in [2.75, 3.05) is 4.72 Å². The summed E-state index contributed by atoms with van der Waals surface area (Å²) >= 11 is 6.03. The van der Waals surface area contributed by atoms with E-state index in [-0.39, 0.29) is 10.7 Å². The van der Waals surface area contributed by atoms with Gasteiger partial charge in [0.15, 0.2) is 5.82 Å². The molecule has 0 bridgehead atoms. The second kappa shape index (κ2) is 6.30. The standard InChI is InChI=1S/C17H15ClN2O3S/c1-11-9-14(5-8-16(11)18)13-3-6-15(7-4-13)24(21,22)20-17-10-12(2)23-19-17/h3-10H,1-2H3,(H,19,20). The number of hydrogen-bond donors (Lipinski definition) is 1. The van der Waals surface area contributed by atoms with Crippen LogP contribution < -0.4 is 4.72 Å². The summed E-state index contributed by atoms with van der Waals surface area (Å²) in [5, 5.41) is 4.33. The van der Waals surface area contributed by atoms with Crippen LogP contribution in [0.4, 0.5) is 5.82 Å². The van der Waals surface area contributed by atoms with Crippen molar-refractivity contribution >= 4 is 27.4 Å². The summed E-state index contributed by atoms with van der Waals surface area (Å²) in [6.07, 6.45) is 0. The Kier molecular flexibility index (Phi) is 4.34. The molecule has 0 radical (unpaired) electrons. The van der Waals surface area contributed by atoms with Gasteiger partial charge in [0.2, 0.25) is 0 Å². The van der Waals surface area contributed by atoms with E-state index >= 15 is 0 Å². The average molecular weight is 363 g/mol. The van der Waals surface area contributed by atoms with E-state index in [9.17, 15) is 8.42 Å². The Morgan fingerprint density at radius 2 is 1.67 bits per heavy atom. The lowest BCUT2D eigenvalue weighted by molar-refractivity contribution is 0.400. The monoisotopic (exact) mass is 362 g/mol. The second-order valence-corrected chi connectivity index (χ2v) is 7.51. The summed E-state index contributed by atoms with van der Waals surface area (Å²) in [7, 11) is -3.71. The first-order chi connectivity index (χ1) is 11.3. The summed E-state index contributed by atoms with van der Waals surface area (Å²) in [6.45, 7) is 3.61. The van der Waals surface area contributed by atoms with Crippen molar-refractivity contribution in [1.29, 1.82) is 0 Å². The molecule has 24 heavy (non-hydrogen) atoms. The molecule has 3 rings (SSSR count). The number of nitrogens with zero attached hydrogens (tertiary/aromatic N) is 1. The fraction of sp³-hybridized carbons (Fsp3) is 0.118. The van der Waals surface area contributed by atoms with Gasteiger partial charge in [-0.25, -0.2) is 8.42 Å². The van der Waals surface area contributed by atoms with Gasteiger partial charge in [0, 0.05) is 11.1 Å². The SMILES string of the molecule is Cc1cc(NS(=O)(=O)c2ccc(-c3ccc(Cl)c(C)c3)cc2)no1. The molecule has 1 aromatic heterocycles. The number of rotatable bonds is 4. The minimum atomic E-state index is -3.71. The van der Waals surface area contributed by atoms with Gasteiger partial charge in [-0.1, -0.05) is 35.0 Å². The van der Waals surface area contributed by atoms with Gasteiger partial charge < -0.3 is 4.52 Å². The Morgan fingerprint density at radius 3 is 2.25 bits per heavy atom. The molecule has 0 amide bonds. The summed E-state index contributed by atoms with van der Waals surface area (Å²) in [5.74, 6) is 0.686. The van der Waals surface area contributed by atoms with Crippen molar-refractivity contribution in [1.82, 2.24) is 5.16 Å². The molecule has 0 saturated carbocycles. The molecule has 0 aliphatic rings. The summed E-state index contributed by atoms with van der Waals surface area (Å²) in [6, 6.07) is 13.8. The fourth-order valence-electron chi connectivity index (χ4n) is 2.26. The van der Waals surface area contributed by atoms with Crippen molar-refractivity contribution < 1.29 is 12.9 Å². The van der Waals surface area contributed by atoms with Gasteiger partial charge in [0.1, 0.15) is 5.76 Å². The smallest absolute Gasteiger partial charge is 0.263 e. The van der Waals surface area contributed by atoms with E-state index in [0.29, 0.717) is 10.8 Å². The number of sulfonamides is 1. The van der Waals surface area contributed by atoms with E-state index in [2.05, 4.69) is 9.88 Å². The van der Waals surface area contributed by atoms with Crippen LogP contribution in [0.3, 0.4) is 0 Å². The van der Waals surface area contributed by atoms with Crippen molar-refractivity contribution in [3.8, 4) is 11.1 Å². The first-order valence-electron chi connectivity index (χ1n) is 7.18. The van der Waals surface area contributed by atoms with E-state index in [1.165, 1.54) is 6.07 Å². The second-order valence-electron chi connectivity index (χ2n) is 5.42. The summed E-state index contributed by atoms with van der Waals surface area (Å²) in [5.41, 5.74) is 2.85. The maximum absolute atomic E-state index is 12.3. The minimum absolute atomic E-state index is 0.151. The van der Waals surface area contributed by atoms with Gasteiger partial charge >= 0.3 is 0 Å². The first-order valence-corrected chi connectivity index (χ1v) is 9.04. The third-order valence-electron chi connectivity index (χ3n) is 3.52. The van der Waals surface area contributed by atoms with Gasteiger partial charge in [-0.3, -0.25) is 4.72 Å². The molecule has 0 atom stereocenters. The van der Waals surface area contributed by atoms with E-state index in [1.807, 2.05) is 25.1 Å². The van der Waals surface area contributed by atoms with Gasteiger partial charge in [-0.2, -0.15) is 0 Å². The molecule has 7 heteroatoms. The first kappa shape index (κ1) is 16.5. The van der Waals surface area contributed by atoms with E-state index < -0.39 is 10.0 Å². The molecule has 2 aromatic carbocycles. The highest BCUT2D eigenvalue weighted by Crippen LogP contribution is 2.26. The average Bonchev–Trinajstić information content (AvgIpc) is 2.94. The van der Waals surface area contributed by atoms with Gasteiger partial charge in [0.05, 0.1) is 4.90 Å². The molecule has 0 unspecified atom stereocenters. The molecule has 124 valence electrons. The lowest BCUT2D eigenvalue weighted by Crippen LogP contribution is -2.13. The number of halogens is 1. The lowest BCUT2D eigenvalue weighted by Gasteiger charge is -2.08. The molecule has 1 N–H and O–H groups in total. The van der Waals surface area contributed by atoms with Crippen LogP contribution in [0.15, 0.2) is 57.9 Å². The van der Waals surface area contributed by atoms with Crippen LogP contribution in [0.25, 0.3) is 11.1 Å². The topological polar surface area (TPSA) is 72.2 Å². The van der Waals surface area contributed by atoms with Crippen molar-refractivity contribution in [3.63, 3.8) is 0 Å². The fourth-order valence-corrected chi connectivity index (χ4v) is 3.36. The van der Waals surface area contributed by atoms with Gasteiger partial charge in [-0.15, -0.1) is 0 Å². The van der Waals surface area contributed by atoms with Crippen LogP contribution in [0.2, 0.25) is 5.02 Å². The van der Waals surface area contributed by atoms with Crippen LogP contribution in [0.1, 0.15) is 11.3 Å². The van der Waals surface area contributed by atoms with E-state index in [0.717, 1.165) is 16.7 Å². The maximum atomic E-state index is 12.3. The molecular weight excluding hydrogens is 348 g/mol. The number of aryl methyl sites for hydroxylation is 2. The number of hydrogen-bond acceptors (Lipinski definition) is 4. The van der Waals surface area contributed by atoms with Crippen molar-refractivity contribution in [2.45, 2.75) is 18.7 Å². The molecule has 0 saturated heterocycles. The molecular formula is C17H15ClN2O3S. The van der Waals surface area contributed by atoms with Crippen LogP contribution in [-0.4, -0.2) is 13.6 Å². The zero-order chi connectivity index (χ0) is 17.3. The molecule has 1 heterocycles. The van der Waals surface area contributed by atoms with Crippen molar-refractivity contribution in [3.05, 3.63) is 64.9 Å². The van der Waals surface area contributed by atoms with Crippen LogP contribution >= 0.6 is 11.6 Å². The van der Waals surface area contributed by atoms with Gasteiger partial charge in [-0.05, 0) is 54.8 Å². The Bertz CT molecular complexity index is 979. The highest BCUT2D eigenvalue weighted by Gasteiger charge is 2.16. The molecule has 5 nitrogen and oxygen atoms in total. The number of anilines is 1. The Morgan fingerprint density at radius 1 is 1.00 bits per heavy atom. The summed E-state index contributed by atoms with van der Waals surface area (Å²) < 4.78 is 31.9. The molecule has 0 aliphatic heterocycles. The van der Waals surface area contributed by atoms with Gasteiger partial charge in [0.25, 0.3) is 10.0 Å². The Labute approximate surface area is 145 Å². The predicted molar refractivity (Wildman–Crippen MR) is 93.7 cm³/mol. The predicted octanol–water partition coefficient (Wildman–Crippen LogP) is 4.41. The van der Waals surface area contributed by atoms with Crippen LogP contribution in [-0.2, 0) is 10.0 Å². The van der Waals surface area contributed by atoms with Crippen LogP contribution in [0, 0.1) is 13.8 Å². The van der Waals surface area contributed by atoms with E-state index in [4.69, 9.17) is 16.1 Å². The minimum Gasteiger partial charge on any atom is -0.360 e. The lowest BCUT2D eigenvalue weighted by atomic mass is 10.0. The largest absolute Gasteiger partial charge is 0.360 e. The highest BCUT2D eigenvalue weighted by atomic mass is 35.5.